The van der Waals surface area contributed by atoms with Gasteiger partial charge in [0.25, 0.3) is 0 Å². The fourth-order valence-corrected chi connectivity index (χ4v) is 4.03. The second kappa shape index (κ2) is 8.66. The van der Waals surface area contributed by atoms with Crippen LogP contribution >= 0.6 is 46.4 Å². The Labute approximate surface area is 183 Å². The summed E-state index contributed by atoms with van der Waals surface area (Å²) in [6.45, 7) is 4.06. The summed E-state index contributed by atoms with van der Waals surface area (Å²) in [5.74, 6) is 0.508. The van der Waals surface area contributed by atoms with Crippen molar-refractivity contribution in [2.24, 2.45) is 0 Å². The molecule has 28 heavy (non-hydrogen) atoms. The SMILES string of the molecule is CCCCc1c(O)c(O)c(CCCC)c2c1Oc1c(Cl)c(Cl)c(Cl)c(Cl)c1O2. The first-order valence-electron chi connectivity index (χ1n) is 9.14. The van der Waals surface area contributed by atoms with Crippen molar-refractivity contribution in [3.05, 3.63) is 31.2 Å². The highest BCUT2D eigenvalue weighted by atomic mass is 35.5. The van der Waals surface area contributed by atoms with Crippen molar-refractivity contribution in [1.82, 2.24) is 0 Å². The molecule has 3 rings (SSSR count). The van der Waals surface area contributed by atoms with E-state index in [2.05, 4.69) is 0 Å². The van der Waals surface area contributed by atoms with Gasteiger partial charge >= 0.3 is 0 Å². The minimum absolute atomic E-state index is 0.0587. The number of unbranched alkanes of at least 4 members (excludes halogenated alkanes) is 2. The highest BCUT2D eigenvalue weighted by Crippen LogP contribution is 2.60. The lowest BCUT2D eigenvalue weighted by Gasteiger charge is -2.28. The molecule has 0 unspecified atom stereocenters. The maximum absolute atomic E-state index is 10.6. The molecule has 1 aliphatic rings. The number of aromatic hydroxyl groups is 2. The predicted octanol–water partition coefficient (Wildman–Crippen LogP) is 8.29. The molecule has 0 fully saturated rings. The Morgan fingerprint density at radius 1 is 0.607 bits per heavy atom. The van der Waals surface area contributed by atoms with Crippen LogP contribution in [-0.4, -0.2) is 10.2 Å². The van der Waals surface area contributed by atoms with Crippen molar-refractivity contribution >= 4 is 46.4 Å². The molecule has 8 heteroatoms. The highest BCUT2D eigenvalue weighted by Gasteiger charge is 2.34. The summed E-state index contributed by atoms with van der Waals surface area (Å²) in [6, 6.07) is 0. The van der Waals surface area contributed by atoms with Crippen LogP contribution in [0.5, 0.6) is 34.5 Å². The van der Waals surface area contributed by atoms with E-state index >= 15 is 0 Å². The molecule has 2 N–H and O–H groups in total. The molecule has 0 aromatic heterocycles. The fourth-order valence-electron chi connectivity index (χ4n) is 3.14. The summed E-state index contributed by atoms with van der Waals surface area (Å²) in [7, 11) is 0. The van der Waals surface area contributed by atoms with Crippen LogP contribution in [0.4, 0.5) is 0 Å². The van der Waals surface area contributed by atoms with Crippen molar-refractivity contribution in [3.63, 3.8) is 0 Å². The number of fused-ring (bicyclic) bond motifs is 2. The summed E-state index contributed by atoms with van der Waals surface area (Å²) in [4.78, 5) is 0. The molecule has 0 bridgehead atoms. The first kappa shape index (κ1) is 21.5. The number of ether oxygens (including phenoxy) is 2. The average molecular weight is 466 g/mol. The maximum Gasteiger partial charge on any atom is 0.191 e. The van der Waals surface area contributed by atoms with Gasteiger partial charge in [-0.25, -0.2) is 0 Å². The Morgan fingerprint density at radius 2 is 0.964 bits per heavy atom. The summed E-state index contributed by atoms with van der Waals surface area (Å²) in [6.07, 6.45) is 4.38. The van der Waals surface area contributed by atoms with Crippen LogP contribution in [0.3, 0.4) is 0 Å². The van der Waals surface area contributed by atoms with Crippen LogP contribution in [-0.2, 0) is 12.8 Å². The monoisotopic (exact) mass is 464 g/mol. The zero-order chi connectivity index (χ0) is 20.6. The lowest BCUT2D eigenvalue weighted by atomic mass is 9.97. The summed E-state index contributed by atoms with van der Waals surface area (Å²) < 4.78 is 12.1. The van der Waals surface area contributed by atoms with Crippen molar-refractivity contribution < 1.29 is 19.7 Å². The predicted molar refractivity (Wildman–Crippen MR) is 114 cm³/mol. The van der Waals surface area contributed by atoms with E-state index < -0.39 is 0 Å². The highest BCUT2D eigenvalue weighted by molar-refractivity contribution is 6.53. The third kappa shape index (κ3) is 3.56. The molecule has 152 valence electrons. The molecule has 1 heterocycles. The fraction of sp³-hybridized carbons (Fsp3) is 0.400. The van der Waals surface area contributed by atoms with Crippen LogP contribution in [0.15, 0.2) is 0 Å². The smallest absolute Gasteiger partial charge is 0.191 e. The van der Waals surface area contributed by atoms with E-state index in [1.807, 2.05) is 13.8 Å². The summed E-state index contributed by atoms with van der Waals surface area (Å²) in [5.41, 5.74) is 0.914. The van der Waals surface area contributed by atoms with Gasteiger partial charge in [0.1, 0.15) is 10.0 Å². The molecule has 0 spiro atoms. The minimum atomic E-state index is -0.201. The van der Waals surface area contributed by atoms with Crippen molar-refractivity contribution in [2.45, 2.75) is 52.4 Å². The van der Waals surface area contributed by atoms with Gasteiger partial charge in [0, 0.05) is 11.1 Å². The Hall–Kier alpha value is -1.20. The Balaban J connectivity index is 2.25. The van der Waals surface area contributed by atoms with Crippen LogP contribution < -0.4 is 9.47 Å². The van der Waals surface area contributed by atoms with Crippen LogP contribution in [0.2, 0.25) is 20.1 Å². The molecule has 0 atom stereocenters. The number of hydrogen-bond acceptors (Lipinski definition) is 4. The number of phenols is 2. The number of benzene rings is 2. The zero-order valence-electron chi connectivity index (χ0n) is 15.5. The van der Waals surface area contributed by atoms with Gasteiger partial charge < -0.3 is 19.7 Å². The molecular weight excluding hydrogens is 446 g/mol. The topological polar surface area (TPSA) is 58.9 Å². The van der Waals surface area contributed by atoms with Crippen molar-refractivity contribution in [2.75, 3.05) is 0 Å². The van der Waals surface area contributed by atoms with E-state index in [0.717, 1.165) is 25.7 Å². The largest absolute Gasteiger partial charge is 0.504 e. The minimum Gasteiger partial charge on any atom is -0.504 e. The molecule has 0 aliphatic carbocycles. The molecule has 0 amide bonds. The van der Waals surface area contributed by atoms with Crippen LogP contribution in [0, 0.1) is 0 Å². The number of phenolic OH excluding ortho intramolecular Hbond substituents is 2. The maximum atomic E-state index is 10.6. The first-order chi connectivity index (χ1) is 13.3. The second-order valence-electron chi connectivity index (χ2n) is 6.64. The quantitative estimate of drug-likeness (QED) is 0.218. The molecule has 1 aliphatic heterocycles. The standard InChI is InChI=1S/C20H20Cl4O4/c1-3-5-7-9-15(25)16(26)10(8-6-4-2)18-17(9)27-19-13(23)11(21)12(22)14(24)20(19)28-18/h25-26H,3-8H2,1-2H3. The van der Waals surface area contributed by atoms with Crippen molar-refractivity contribution in [1.29, 1.82) is 0 Å². The van der Waals surface area contributed by atoms with Gasteiger partial charge in [0.15, 0.2) is 34.5 Å². The average Bonchev–Trinajstić information content (AvgIpc) is 2.70. The van der Waals surface area contributed by atoms with E-state index in [4.69, 9.17) is 55.9 Å². The zero-order valence-corrected chi connectivity index (χ0v) is 18.5. The van der Waals surface area contributed by atoms with Gasteiger partial charge in [0.05, 0.1) is 10.0 Å². The Bertz CT molecular complexity index is 854. The van der Waals surface area contributed by atoms with Crippen molar-refractivity contribution in [3.8, 4) is 34.5 Å². The van der Waals surface area contributed by atoms with E-state index in [9.17, 15) is 10.2 Å². The number of rotatable bonds is 6. The molecule has 0 saturated carbocycles. The normalized spacial score (nSPS) is 12.2. The second-order valence-corrected chi connectivity index (χ2v) is 8.15. The lowest BCUT2D eigenvalue weighted by molar-refractivity contribution is 0.334. The molecule has 0 saturated heterocycles. The Kier molecular flexibility index (Phi) is 6.65. The number of halogens is 4. The van der Waals surface area contributed by atoms with E-state index in [0.29, 0.717) is 35.5 Å². The third-order valence-electron chi connectivity index (χ3n) is 4.70. The lowest BCUT2D eigenvalue weighted by Crippen LogP contribution is -2.07. The summed E-state index contributed by atoms with van der Waals surface area (Å²) in [5, 5.41) is 21.5. The van der Waals surface area contributed by atoms with Gasteiger partial charge in [-0.2, -0.15) is 0 Å². The van der Waals surface area contributed by atoms with Crippen LogP contribution in [0.1, 0.15) is 50.7 Å². The van der Waals surface area contributed by atoms with E-state index in [1.54, 1.807) is 0 Å². The van der Waals surface area contributed by atoms with Gasteiger partial charge in [0.2, 0.25) is 0 Å². The van der Waals surface area contributed by atoms with Gasteiger partial charge in [-0.05, 0) is 25.7 Å². The molecule has 2 aromatic carbocycles. The van der Waals surface area contributed by atoms with Crippen LogP contribution in [0.25, 0.3) is 0 Å². The first-order valence-corrected chi connectivity index (χ1v) is 10.7. The molecular formula is C20H20Cl4O4. The van der Waals surface area contributed by atoms with Gasteiger partial charge in [-0.3, -0.25) is 0 Å². The molecule has 4 nitrogen and oxygen atoms in total. The molecule has 2 aromatic rings. The van der Waals surface area contributed by atoms with E-state index in [1.165, 1.54) is 0 Å². The molecule has 0 radical (unpaired) electrons. The Morgan fingerprint density at radius 3 is 1.29 bits per heavy atom. The third-order valence-corrected chi connectivity index (χ3v) is 6.47. The van der Waals surface area contributed by atoms with E-state index in [-0.39, 0.29) is 43.1 Å². The van der Waals surface area contributed by atoms with Gasteiger partial charge in [-0.1, -0.05) is 73.1 Å². The van der Waals surface area contributed by atoms with Gasteiger partial charge in [-0.15, -0.1) is 0 Å². The number of hydrogen-bond donors (Lipinski definition) is 2. The summed E-state index contributed by atoms with van der Waals surface area (Å²) >= 11 is 24.9.